The van der Waals surface area contributed by atoms with Crippen LogP contribution in [-0.2, 0) is 0 Å². The van der Waals surface area contributed by atoms with Crippen LogP contribution in [0.15, 0.2) is 91.0 Å². The van der Waals surface area contributed by atoms with E-state index in [1.54, 1.807) is 0 Å². The van der Waals surface area contributed by atoms with Crippen molar-refractivity contribution in [1.29, 1.82) is 5.26 Å². The molecule has 0 radical (unpaired) electrons. The summed E-state index contributed by atoms with van der Waals surface area (Å²) in [5.41, 5.74) is 6.10. The number of anilines is 2. The van der Waals surface area contributed by atoms with Crippen LogP contribution in [0.5, 0.6) is 0 Å². The molecule has 0 saturated carbocycles. The number of para-hydroxylation sites is 1. The fourth-order valence-electron chi connectivity index (χ4n) is 3.05. The molecule has 3 heteroatoms. The van der Waals surface area contributed by atoms with Crippen LogP contribution in [-0.4, -0.2) is 4.98 Å². The Bertz CT molecular complexity index is 1040. The van der Waals surface area contributed by atoms with Gasteiger partial charge in [-0.15, -0.1) is 0 Å². The molecule has 26 heavy (non-hydrogen) atoms. The lowest BCUT2D eigenvalue weighted by Gasteiger charge is -2.08. The normalized spacial score (nSPS) is 10.3. The molecule has 124 valence electrons. The molecule has 0 bridgehead atoms. The SMILES string of the molecule is N#Cc1c(-c2ccccc2)[nH]c(-c2ccccc2)c1Nc1ccccc1. The number of nitriles is 1. The first-order chi connectivity index (χ1) is 12.9. The molecule has 0 aliphatic heterocycles. The fraction of sp³-hybridized carbons (Fsp3) is 0. The van der Waals surface area contributed by atoms with Gasteiger partial charge in [-0.3, -0.25) is 0 Å². The molecule has 0 aliphatic carbocycles. The molecule has 4 rings (SSSR count). The number of rotatable bonds is 4. The summed E-state index contributed by atoms with van der Waals surface area (Å²) >= 11 is 0. The fourth-order valence-corrected chi connectivity index (χ4v) is 3.05. The van der Waals surface area contributed by atoms with E-state index in [0.29, 0.717) is 5.56 Å². The molecule has 0 spiro atoms. The average Bonchev–Trinajstić information content (AvgIpc) is 3.08. The van der Waals surface area contributed by atoms with Crippen LogP contribution in [0.1, 0.15) is 5.56 Å². The van der Waals surface area contributed by atoms with Gasteiger partial charge < -0.3 is 10.3 Å². The lowest BCUT2D eigenvalue weighted by atomic mass is 10.1. The summed E-state index contributed by atoms with van der Waals surface area (Å²) in [6.45, 7) is 0. The molecule has 1 aromatic heterocycles. The Kier molecular flexibility index (Phi) is 4.24. The van der Waals surface area contributed by atoms with Crippen LogP contribution in [0, 0.1) is 11.3 Å². The second kappa shape index (κ2) is 7.00. The molecule has 0 amide bonds. The second-order valence-electron chi connectivity index (χ2n) is 5.96. The Morgan fingerprint density at radius 1 is 0.654 bits per heavy atom. The van der Waals surface area contributed by atoms with E-state index < -0.39 is 0 Å². The molecule has 4 aromatic rings. The predicted molar refractivity (Wildman–Crippen MR) is 106 cm³/mol. The third kappa shape index (κ3) is 2.97. The van der Waals surface area contributed by atoms with Crippen LogP contribution in [0.3, 0.4) is 0 Å². The highest BCUT2D eigenvalue weighted by Crippen LogP contribution is 2.38. The minimum Gasteiger partial charge on any atom is -0.353 e. The molecule has 0 saturated heterocycles. The van der Waals surface area contributed by atoms with Crippen LogP contribution in [0.25, 0.3) is 22.5 Å². The molecule has 0 fully saturated rings. The van der Waals surface area contributed by atoms with Crippen molar-refractivity contribution in [3.05, 3.63) is 96.6 Å². The van der Waals surface area contributed by atoms with E-state index >= 15 is 0 Å². The molecule has 1 heterocycles. The number of nitrogens with zero attached hydrogens (tertiary/aromatic N) is 1. The zero-order valence-electron chi connectivity index (χ0n) is 14.1. The maximum atomic E-state index is 9.89. The Morgan fingerprint density at radius 2 is 1.15 bits per heavy atom. The zero-order valence-corrected chi connectivity index (χ0v) is 14.1. The van der Waals surface area contributed by atoms with Crippen molar-refractivity contribution in [2.45, 2.75) is 0 Å². The van der Waals surface area contributed by atoms with Crippen LogP contribution in [0.4, 0.5) is 11.4 Å². The van der Waals surface area contributed by atoms with Crippen molar-refractivity contribution in [2.24, 2.45) is 0 Å². The molecule has 3 nitrogen and oxygen atoms in total. The third-order valence-electron chi connectivity index (χ3n) is 4.28. The summed E-state index contributed by atoms with van der Waals surface area (Å²) in [6, 6.07) is 32.3. The molecule has 0 aliphatic rings. The van der Waals surface area contributed by atoms with Gasteiger partial charge >= 0.3 is 0 Å². The van der Waals surface area contributed by atoms with E-state index in [4.69, 9.17) is 0 Å². The van der Waals surface area contributed by atoms with Gasteiger partial charge in [-0.2, -0.15) is 5.26 Å². The summed E-state index contributed by atoms with van der Waals surface area (Å²) in [7, 11) is 0. The van der Waals surface area contributed by atoms with Crippen molar-refractivity contribution >= 4 is 11.4 Å². The van der Waals surface area contributed by atoms with Gasteiger partial charge in [0.1, 0.15) is 11.6 Å². The van der Waals surface area contributed by atoms with E-state index in [1.807, 2.05) is 91.0 Å². The summed E-state index contributed by atoms with van der Waals surface area (Å²) in [5, 5.41) is 13.3. The molecule has 0 atom stereocenters. The quantitative estimate of drug-likeness (QED) is 0.483. The number of hydrogen-bond acceptors (Lipinski definition) is 2. The number of hydrogen-bond donors (Lipinski definition) is 2. The van der Waals surface area contributed by atoms with Crippen molar-refractivity contribution in [1.82, 2.24) is 4.98 Å². The van der Waals surface area contributed by atoms with Gasteiger partial charge in [0, 0.05) is 11.3 Å². The van der Waals surface area contributed by atoms with Crippen molar-refractivity contribution in [3.63, 3.8) is 0 Å². The maximum absolute atomic E-state index is 9.89. The Balaban J connectivity index is 1.92. The van der Waals surface area contributed by atoms with Crippen LogP contribution < -0.4 is 5.32 Å². The first-order valence-corrected chi connectivity index (χ1v) is 8.46. The lowest BCUT2D eigenvalue weighted by Crippen LogP contribution is -1.93. The minimum atomic E-state index is 0.610. The Morgan fingerprint density at radius 3 is 1.69 bits per heavy atom. The van der Waals surface area contributed by atoms with Crippen LogP contribution >= 0.6 is 0 Å². The van der Waals surface area contributed by atoms with Crippen molar-refractivity contribution in [2.75, 3.05) is 5.32 Å². The summed E-state index contributed by atoms with van der Waals surface area (Å²) < 4.78 is 0. The Labute approximate surface area is 152 Å². The first-order valence-electron chi connectivity index (χ1n) is 8.46. The van der Waals surface area contributed by atoms with Gasteiger partial charge in [-0.05, 0) is 17.7 Å². The lowest BCUT2D eigenvalue weighted by molar-refractivity contribution is 1.38. The molecule has 3 aromatic carbocycles. The zero-order chi connectivity index (χ0) is 17.8. The largest absolute Gasteiger partial charge is 0.353 e. The Hall–Kier alpha value is -3.77. The van der Waals surface area contributed by atoms with Crippen molar-refractivity contribution in [3.8, 4) is 28.6 Å². The van der Waals surface area contributed by atoms with E-state index in [-0.39, 0.29) is 0 Å². The van der Waals surface area contributed by atoms with Gasteiger partial charge in [0.05, 0.1) is 17.1 Å². The topological polar surface area (TPSA) is 51.6 Å². The highest BCUT2D eigenvalue weighted by molar-refractivity contribution is 5.90. The highest BCUT2D eigenvalue weighted by atomic mass is 14.9. The second-order valence-corrected chi connectivity index (χ2v) is 5.96. The summed E-state index contributed by atoms with van der Waals surface area (Å²) in [6.07, 6.45) is 0. The van der Waals surface area contributed by atoms with Gasteiger partial charge in [0.25, 0.3) is 0 Å². The van der Waals surface area contributed by atoms with Crippen molar-refractivity contribution < 1.29 is 0 Å². The van der Waals surface area contributed by atoms with Crippen LogP contribution in [0.2, 0.25) is 0 Å². The number of aromatic nitrogens is 1. The van der Waals surface area contributed by atoms with Gasteiger partial charge in [-0.1, -0.05) is 78.9 Å². The van der Waals surface area contributed by atoms with Gasteiger partial charge in [0.2, 0.25) is 0 Å². The number of benzene rings is 3. The number of nitrogens with one attached hydrogen (secondary N) is 2. The standard InChI is InChI=1S/C23H17N3/c24-16-20-21(17-10-4-1-5-11-17)26-22(18-12-6-2-7-13-18)23(20)25-19-14-8-3-9-15-19/h1-15,25-26H. The monoisotopic (exact) mass is 335 g/mol. The van der Waals surface area contributed by atoms with E-state index in [9.17, 15) is 5.26 Å². The predicted octanol–water partition coefficient (Wildman–Crippen LogP) is 5.96. The smallest absolute Gasteiger partial charge is 0.104 e. The number of H-pyrrole nitrogens is 1. The molecule has 2 N–H and O–H groups in total. The minimum absolute atomic E-state index is 0.610. The van der Waals surface area contributed by atoms with Gasteiger partial charge in [-0.25, -0.2) is 0 Å². The number of aromatic amines is 1. The molecular formula is C23H17N3. The van der Waals surface area contributed by atoms with E-state index in [1.165, 1.54) is 0 Å². The highest BCUT2D eigenvalue weighted by Gasteiger charge is 2.19. The van der Waals surface area contributed by atoms with Gasteiger partial charge in [0.15, 0.2) is 0 Å². The van der Waals surface area contributed by atoms with E-state index in [0.717, 1.165) is 33.9 Å². The average molecular weight is 335 g/mol. The maximum Gasteiger partial charge on any atom is 0.104 e. The summed E-state index contributed by atoms with van der Waals surface area (Å²) in [5.74, 6) is 0. The third-order valence-corrected chi connectivity index (χ3v) is 4.28. The first kappa shape index (κ1) is 15.7. The molecule has 0 unspecified atom stereocenters. The summed E-state index contributed by atoms with van der Waals surface area (Å²) in [4.78, 5) is 3.47. The molecular weight excluding hydrogens is 318 g/mol. The van der Waals surface area contributed by atoms with E-state index in [2.05, 4.69) is 16.4 Å².